The smallest absolute Gasteiger partial charge is 0.226 e. The van der Waals surface area contributed by atoms with Gasteiger partial charge in [0.25, 0.3) is 0 Å². The fourth-order valence-electron chi connectivity index (χ4n) is 2.81. The molecular formula is C17H19ClN4O. The van der Waals surface area contributed by atoms with Crippen molar-refractivity contribution in [3.8, 4) is 0 Å². The number of rotatable bonds is 5. The standard InChI is InChI=1S/C17H19ClN4O/c18-14-2-1-3-16(8-14)22-7-4-13(12-22)10-21-17(23)9-15-11-19-5-6-20-15/h1-3,5-6,8,11,13H,4,7,9-10,12H2,(H,21,23). The molecule has 0 aliphatic carbocycles. The van der Waals surface area contributed by atoms with Crippen molar-refractivity contribution in [2.45, 2.75) is 12.8 Å². The summed E-state index contributed by atoms with van der Waals surface area (Å²) >= 11 is 6.04. The minimum Gasteiger partial charge on any atom is -0.371 e. The lowest BCUT2D eigenvalue weighted by atomic mass is 10.1. The fourth-order valence-corrected chi connectivity index (χ4v) is 3.00. The molecule has 0 radical (unpaired) electrons. The van der Waals surface area contributed by atoms with E-state index in [9.17, 15) is 4.79 Å². The first-order valence-electron chi connectivity index (χ1n) is 7.73. The van der Waals surface area contributed by atoms with Gasteiger partial charge in [0.15, 0.2) is 0 Å². The monoisotopic (exact) mass is 330 g/mol. The highest BCUT2D eigenvalue weighted by atomic mass is 35.5. The van der Waals surface area contributed by atoms with Gasteiger partial charge >= 0.3 is 0 Å². The van der Waals surface area contributed by atoms with E-state index in [2.05, 4.69) is 26.3 Å². The third-order valence-electron chi connectivity index (χ3n) is 4.01. The molecule has 2 aromatic rings. The summed E-state index contributed by atoms with van der Waals surface area (Å²) in [6.45, 7) is 2.62. The van der Waals surface area contributed by atoms with Crippen LogP contribution in [0.3, 0.4) is 0 Å². The van der Waals surface area contributed by atoms with E-state index < -0.39 is 0 Å². The summed E-state index contributed by atoms with van der Waals surface area (Å²) < 4.78 is 0. The molecule has 1 amide bonds. The number of amides is 1. The van der Waals surface area contributed by atoms with Crippen LogP contribution < -0.4 is 10.2 Å². The van der Waals surface area contributed by atoms with Crippen LogP contribution in [0.5, 0.6) is 0 Å². The maximum absolute atomic E-state index is 12.0. The number of hydrogen-bond acceptors (Lipinski definition) is 4. The third-order valence-corrected chi connectivity index (χ3v) is 4.24. The normalized spacial score (nSPS) is 17.3. The topological polar surface area (TPSA) is 58.1 Å². The average molecular weight is 331 g/mol. The number of anilines is 1. The molecule has 1 fully saturated rings. The summed E-state index contributed by atoms with van der Waals surface area (Å²) in [5.41, 5.74) is 1.84. The molecule has 120 valence electrons. The zero-order valence-corrected chi connectivity index (χ0v) is 13.5. The van der Waals surface area contributed by atoms with E-state index in [0.29, 0.717) is 18.2 Å². The number of halogens is 1. The average Bonchev–Trinajstić information content (AvgIpc) is 3.03. The SMILES string of the molecule is O=C(Cc1cnccn1)NCC1CCN(c2cccc(Cl)c2)C1. The molecule has 2 heterocycles. The Morgan fingerprint density at radius 2 is 2.30 bits per heavy atom. The van der Waals surface area contributed by atoms with E-state index in [0.717, 1.165) is 30.2 Å². The Morgan fingerprint density at radius 1 is 1.39 bits per heavy atom. The summed E-state index contributed by atoms with van der Waals surface area (Å²) in [4.78, 5) is 22.3. The molecule has 0 spiro atoms. The number of hydrogen-bond donors (Lipinski definition) is 1. The van der Waals surface area contributed by atoms with Crippen molar-refractivity contribution in [1.82, 2.24) is 15.3 Å². The molecule has 1 aromatic carbocycles. The molecule has 1 aliphatic heterocycles. The maximum Gasteiger partial charge on any atom is 0.226 e. The van der Waals surface area contributed by atoms with Crippen LogP contribution in [0.2, 0.25) is 5.02 Å². The molecule has 5 nitrogen and oxygen atoms in total. The lowest BCUT2D eigenvalue weighted by molar-refractivity contribution is -0.120. The minimum absolute atomic E-state index is 0.00768. The Kier molecular flexibility index (Phi) is 5.08. The van der Waals surface area contributed by atoms with Crippen LogP contribution >= 0.6 is 11.6 Å². The quantitative estimate of drug-likeness (QED) is 0.914. The molecule has 23 heavy (non-hydrogen) atoms. The van der Waals surface area contributed by atoms with E-state index in [1.54, 1.807) is 18.6 Å². The van der Waals surface area contributed by atoms with Gasteiger partial charge in [0, 0.05) is 48.9 Å². The number of nitrogens with one attached hydrogen (secondary N) is 1. The van der Waals surface area contributed by atoms with Gasteiger partial charge in [-0.15, -0.1) is 0 Å². The zero-order chi connectivity index (χ0) is 16.1. The molecule has 1 unspecified atom stereocenters. The summed E-state index contributed by atoms with van der Waals surface area (Å²) in [5, 5.41) is 3.75. The van der Waals surface area contributed by atoms with E-state index in [1.165, 1.54) is 0 Å². The second-order valence-corrected chi connectivity index (χ2v) is 6.19. The van der Waals surface area contributed by atoms with E-state index in [4.69, 9.17) is 11.6 Å². The van der Waals surface area contributed by atoms with Crippen molar-refractivity contribution < 1.29 is 4.79 Å². The number of aromatic nitrogens is 2. The second-order valence-electron chi connectivity index (χ2n) is 5.76. The number of carbonyl (C=O) groups is 1. The predicted octanol–water partition coefficient (Wildman–Crippen LogP) is 2.32. The van der Waals surface area contributed by atoms with Gasteiger partial charge in [-0.25, -0.2) is 0 Å². The van der Waals surface area contributed by atoms with Crippen molar-refractivity contribution in [2.75, 3.05) is 24.5 Å². The van der Waals surface area contributed by atoms with Gasteiger partial charge in [-0.3, -0.25) is 14.8 Å². The molecule has 1 aliphatic rings. The molecule has 0 bridgehead atoms. The van der Waals surface area contributed by atoms with Crippen LogP contribution in [-0.4, -0.2) is 35.5 Å². The third kappa shape index (κ3) is 4.42. The summed E-state index contributed by atoms with van der Waals surface area (Å²) in [5.74, 6) is 0.450. The van der Waals surface area contributed by atoms with Gasteiger partial charge in [-0.2, -0.15) is 0 Å². The lowest BCUT2D eigenvalue weighted by Crippen LogP contribution is -2.32. The fraction of sp³-hybridized carbons (Fsp3) is 0.353. The Bertz CT molecular complexity index is 665. The van der Waals surface area contributed by atoms with Gasteiger partial charge in [-0.05, 0) is 30.5 Å². The Labute approximate surface area is 140 Å². The van der Waals surface area contributed by atoms with Crippen molar-refractivity contribution in [3.05, 3.63) is 53.6 Å². The van der Waals surface area contributed by atoms with Crippen molar-refractivity contribution >= 4 is 23.2 Å². The van der Waals surface area contributed by atoms with Gasteiger partial charge in [0.2, 0.25) is 5.91 Å². The molecule has 1 saturated heterocycles. The molecule has 1 aromatic heterocycles. The first-order chi connectivity index (χ1) is 11.2. The number of carbonyl (C=O) groups excluding carboxylic acids is 1. The van der Waals surface area contributed by atoms with Gasteiger partial charge in [0.05, 0.1) is 12.1 Å². The largest absolute Gasteiger partial charge is 0.371 e. The first kappa shape index (κ1) is 15.7. The van der Waals surface area contributed by atoms with Crippen molar-refractivity contribution in [1.29, 1.82) is 0 Å². The summed E-state index contributed by atoms with van der Waals surface area (Å²) in [7, 11) is 0. The van der Waals surface area contributed by atoms with E-state index in [1.807, 2.05) is 18.2 Å². The summed E-state index contributed by atoms with van der Waals surface area (Å²) in [6.07, 6.45) is 6.17. The van der Waals surface area contributed by atoms with Crippen molar-refractivity contribution in [2.24, 2.45) is 5.92 Å². The number of benzene rings is 1. The second kappa shape index (κ2) is 7.42. The molecule has 1 N–H and O–H groups in total. The van der Waals surface area contributed by atoms with Crippen molar-refractivity contribution in [3.63, 3.8) is 0 Å². The molecule has 3 rings (SSSR count). The maximum atomic E-state index is 12.0. The first-order valence-corrected chi connectivity index (χ1v) is 8.10. The van der Waals surface area contributed by atoms with Crippen LogP contribution in [0, 0.1) is 5.92 Å². The van der Waals surface area contributed by atoms with Crippen LogP contribution in [0.15, 0.2) is 42.9 Å². The highest BCUT2D eigenvalue weighted by molar-refractivity contribution is 6.30. The predicted molar refractivity (Wildman–Crippen MR) is 90.5 cm³/mol. The highest BCUT2D eigenvalue weighted by Crippen LogP contribution is 2.25. The Balaban J connectivity index is 1.46. The van der Waals surface area contributed by atoms with E-state index >= 15 is 0 Å². The number of nitrogens with zero attached hydrogens (tertiary/aromatic N) is 3. The van der Waals surface area contributed by atoms with Crippen LogP contribution in [0.4, 0.5) is 5.69 Å². The van der Waals surface area contributed by atoms with Gasteiger partial charge < -0.3 is 10.2 Å². The molecule has 0 saturated carbocycles. The van der Waals surface area contributed by atoms with Crippen LogP contribution in [0.25, 0.3) is 0 Å². The van der Waals surface area contributed by atoms with Crippen LogP contribution in [0.1, 0.15) is 12.1 Å². The van der Waals surface area contributed by atoms with E-state index in [-0.39, 0.29) is 12.3 Å². The van der Waals surface area contributed by atoms with Gasteiger partial charge in [0.1, 0.15) is 0 Å². The minimum atomic E-state index is -0.00768. The highest BCUT2D eigenvalue weighted by Gasteiger charge is 2.23. The molecular weight excluding hydrogens is 312 g/mol. The molecule has 1 atom stereocenters. The van der Waals surface area contributed by atoms with Crippen LogP contribution in [-0.2, 0) is 11.2 Å². The zero-order valence-electron chi connectivity index (χ0n) is 12.8. The van der Waals surface area contributed by atoms with Gasteiger partial charge in [-0.1, -0.05) is 17.7 Å². The summed E-state index contributed by atoms with van der Waals surface area (Å²) in [6, 6.07) is 7.90. The molecule has 6 heteroatoms. The Morgan fingerprint density at radius 3 is 3.09 bits per heavy atom. The lowest BCUT2D eigenvalue weighted by Gasteiger charge is -2.19. The Hall–Kier alpha value is -2.14.